The second-order valence-electron chi connectivity index (χ2n) is 7.11. The fourth-order valence-corrected chi connectivity index (χ4v) is 4.17. The maximum Gasteiger partial charge on any atom is 0.291 e. The van der Waals surface area contributed by atoms with Gasteiger partial charge in [0.05, 0.1) is 7.11 Å². The first-order chi connectivity index (χ1) is 15.5. The molecule has 2 aromatic carbocycles. The number of hydrogen-bond donors (Lipinski definition) is 0. The number of Topliss-reactive ketones (excluding diaryl/α,β-unsaturated/α-hetero) is 1. The van der Waals surface area contributed by atoms with Gasteiger partial charge < -0.3 is 9.15 Å². The predicted octanol–water partition coefficient (Wildman–Crippen LogP) is 3.84. The van der Waals surface area contributed by atoms with Crippen LogP contribution in [0.25, 0.3) is 33.7 Å². The molecule has 5 aromatic rings. The van der Waals surface area contributed by atoms with Crippen molar-refractivity contribution in [2.45, 2.75) is 6.92 Å². The quantitative estimate of drug-likeness (QED) is 0.384. The van der Waals surface area contributed by atoms with Crippen molar-refractivity contribution in [1.29, 1.82) is 0 Å². The molecule has 0 unspecified atom stereocenters. The Morgan fingerprint density at radius 1 is 1.03 bits per heavy atom. The predicted molar refractivity (Wildman–Crippen MR) is 122 cm³/mol. The fourth-order valence-electron chi connectivity index (χ4n) is 3.28. The van der Waals surface area contributed by atoms with E-state index in [1.54, 1.807) is 31.4 Å². The van der Waals surface area contributed by atoms with Gasteiger partial charge in [-0.3, -0.25) is 9.59 Å². The zero-order valence-electron chi connectivity index (χ0n) is 17.2. The third-order valence-electron chi connectivity index (χ3n) is 5.01. The van der Waals surface area contributed by atoms with E-state index in [4.69, 9.17) is 9.15 Å². The maximum absolute atomic E-state index is 12.8. The summed E-state index contributed by atoms with van der Waals surface area (Å²) in [7, 11) is 1.60. The minimum absolute atomic E-state index is 0.0134. The van der Waals surface area contributed by atoms with Crippen molar-refractivity contribution in [3.63, 3.8) is 0 Å². The highest BCUT2D eigenvalue weighted by Crippen LogP contribution is 2.23. The highest BCUT2D eigenvalue weighted by atomic mass is 32.1. The molecule has 8 heteroatoms. The Bertz CT molecular complexity index is 1540. The summed E-state index contributed by atoms with van der Waals surface area (Å²) in [5.74, 6) is 2.44. The van der Waals surface area contributed by atoms with Crippen molar-refractivity contribution in [2.75, 3.05) is 7.11 Å². The third kappa shape index (κ3) is 3.61. The van der Waals surface area contributed by atoms with Crippen LogP contribution >= 0.6 is 11.3 Å². The largest absolute Gasteiger partial charge is 0.497 e. The van der Waals surface area contributed by atoms with E-state index in [1.165, 1.54) is 22.8 Å². The van der Waals surface area contributed by atoms with Crippen LogP contribution in [0.4, 0.5) is 0 Å². The van der Waals surface area contributed by atoms with Gasteiger partial charge in [-0.05, 0) is 43.3 Å². The van der Waals surface area contributed by atoms with Crippen LogP contribution < -0.4 is 14.8 Å². The van der Waals surface area contributed by atoms with Crippen molar-refractivity contribution >= 4 is 28.2 Å². The van der Waals surface area contributed by atoms with Crippen molar-refractivity contribution < 1.29 is 13.9 Å². The van der Waals surface area contributed by atoms with Crippen LogP contribution in [0, 0.1) is 0 Å². The van der Waals surface area contributed by atoms with Gasteiger partial charge >= 0.3 is 0 Å². The van der Waals surface area contributed by atoms with Crippen molar-refractivity contribution in [1.82, 2.24) is 14.6 Å². The first-order valence-electron chi connectivity index (χ1n) is 9.79. The molecule has 5 rings (SSSR count). The zero-order chi connectivity index (χ0) is 22.2. The molecule has 0 atom stereocenters. The number of furan rings is 1. The molecule has 158 valence electrons. The molecule has 0 saturated heterocycles. The normalized spacial score (nSPS) is 11.9. The molecular formula is C24H17N3O4S. The highest BCUT2D eigenvalue weighted by molar-refractivity contribution is 7.15. The second kappa shape index (κ2) is 7.90. The lowest BCUT2D eigenvalue weighted by molar-refractivity contribution is 0.101. The molecule has 7 nitrogen and oxygen atoms in total. The Morgan fingerprint density at radius 2 is 1.75 bits per heavy atom. The number of methoxy groups -OCH3 is 1. The van der Waals surface area contributed by atoms with Gasteiger partial charge in [0.25, 0.3) is 5.56 Å². The summed E-state index contributed by atoms with van der Waals surface area (Å²) in [6.07, 6.45) is 1.68. The van der Waals surface area contributed by atoms with E-state index in [2.05, 4.69) is 10.1 Å². The number of carbonyl (C=O) groups is 1. The van der Waals surface area contributed by atoms with Crippen LogP contribution in [0.3, 0.4) is 0 Å². The van der Waals surface area contributed by atoms with Gasteiger partial charge in [0.15, 0.2) is 11.6 Å². The summed E-state index contributed by atoms with van der Waals surface area (Å²) >= 11 is 1.25. The minimum atomic E-state index is -0.249. The molecule has 0 aliphatic carbocycles. The van der Waals surface area contributed by atoms with E-state index in [0.717, 1.165) is 16.9 Å². The molecule has 0 aliphatic rings. The first-order valence-corrected chi connectivity index (χ1v) is 10.6. The van der Waals surface area contributed by atoms with Crippen molar-refractivity contribution in [3.8, 4) is 28.5 Å². The van der Waals surface area contributed by atoms with Gasteiger partial charge in [-0.25, -0.2) is 0 Å². The monoisotopic (exact) mass is 443 g/mol. The molecule has 0 bridgehead atoms. The molecule has 0 spiro atoms. The lowest BCUT2D eigenvalue weighted by atomic mass is 10.1. The van der Waals surface area contributed by atoms with E-state index >= 15 is 0 Å². The second-order valence-corrected chi connectivity index (χ2v) is 8.12. The van der Waals surface area contributed by atoms with Crippen LogP contribution in [-0.4, -0.2) is 27.5 Å². The Labute approximate surface area is 186 Å². The van der Waals surface area contributed by atoms with Crippen molar-refractivity contribution in [2.24, 2.45) is 0 Å². The lowest BCUT2D eigenvalue weighted by Gasteiger charge is -1.99. The smallest absolute Gasteiger partial charge is 0.291 e. The zero-order valence-corrected chi connectivity index (χ0v) is 18.1. The number of thiazole rings is 1. The first kappa shape index (κ1) is 19.9. The van der Waals surface area contributed by atoms with Gasteiger partial charge in [-0.15, -0.1) is 5.10 Å². The average Bonchev–Trinajstić information content (AvgIpc) is 3.51. The van der Waals surface area contributed by atoms with E-state index < -0.39 is 0 Å². The Balaban J connectivity index is 1.45. The van der Waals surface area contributed by atoms with E-state index in [1.807, 2.05) is 42.5 Å². The van der Waals surface area contributed by atoms with Crippen LogP contribution in [0.5, 0.6) is 5.75 Å². The SMILES string of the molecule is COc1ccc(-c2nc3s/c(=C\c4ccc(-c5ccc(C(C)=O)cc5)o4)c(=O)n3n2)cc1. The summed E-state index contributed by atoms with van der Waals surface area (Å²) in [6, 6.07) is 18.2. The van der Waals surface area contributed by atoms with E-state index in [0.29, 0.717) is 32.4 Å². The average molecular weight is 443 g/mol. The van der Waals surface area contributed by atoms with Gasteiger partial charge in [0, 0.05) is 22.8 Å². The molecule has 0 radical (unpaired) electrons. The number of ketones is 1. The summed E-state index contributed by atoms with van der Waals surface area (Å²) in [5, 5.41) is 4.36. The van der Waals surface area contributed by atoms with Crippen molar-refractivity contribution in [3.05, 3.63) is 86.9 Å². The Morgan fingerprint density at radius 3 is 2.41 bits per heavy atom. The summed E-state index contributed by atoms with van der Waals surface area (Å²) in [4.78, 5) is 29.2. The Kier molecular flexibility index (Phi) is 4.91. The minimum Gasteiger partial charge on any atom is -0.497 e. The molecule has 0 N–H and O–H groups in total. The number of ether oxygens (including phenoxy) is 1. The molecular weight excluding hydrogens is 426 g/mol. The maximum atomic E-state index is 12.8. The van der Waals surface area contributed by atoms with Gasteiger partial charge in [0.1, 0.15) is 21.8 Å². The number of nitrogens with zero attached hydrogens (tertiary/aromatic N) is 3. The van der Waals surface area contributed by atoms with Gasteiger partial charge in [-0.1, -0.05) is 35.6 Å². The topological polar surface area (TPSA) is 86.7 Å². The molecule has 0 aliphatic heterocycles. The number of carbonyl (C=O) groups excluding carboxylic acids is 1. The summed E-state index contributed by atoms with van der Waals surface area (Å²) in [6.45, 7) is 1.53. The molecule has 0 amide bonds. The number of aromatic nitrogens is 3. The lowest BCUT2D eigenvalue weighted by Crippen LogP contribution is -2.23. The number of fused-ring (bicyclic) bond motifs is 1. The summed E-state index contributed by atoms with van der Waals surface area (Å²) in [5.41, 5.74) is 2.05. The number of hydrogen-bond acceptors (Lipinski definition) is 7. The third-order valence-corrected chi connectivity index (χ3v) is 5.97. The molecule has 0 saturated carbocycles. The van der Waals surface area contributed by atoms with Gasteiger partial charge in [-0.2, -0.15) is 9.50 Å². The van der Waals surface area contributed by atoms with Crippen LogP contribution in [0.15, 0.2) is 69.9 Å². The van der Waals surface area contributed by atoms with E-state index in [9.17, 15) is 9.59 Å². The number of rotatable bonds is 5. The molecule has 0 fully saturated rings. The van der Waals surface area contributed by atoms with Crippen LogP contribution in [0.1, 0.15) is 23.0 Å². The highest BCUT2D eigenvalue weighted by Gasteiger charge is 2.13. The standard InChI is InChI=1S/C24H17N3O4S/c1-14(28)15-3-5-16(6-4-15)20-12-11-19(31-20)13-21-23(29)27-24(32-21)25-22(26-27)17-7-9-18(30-2)10-8-17/h3-13H,1-2H3/b21-13-. The number of benzene rings is 2. The Hall–Kier alpha value is -4.04. The molecule has 3 heterocycles. The molecule has 3 aromatic heterocycles. The fraction of sp³-hybridized carbons (Fsp3) is 0.0833. The van der Waals surface area contributed by atoms with Gasteiger partial charge in [0.2, 0.25) is 4.96 Å². The summed E-state index contributed by atoms with van der Waals surface area (Å²) < 4.78 is 12.8. The van der Waals surface area contributed by atoms with Crippen LogP contribution in [-0.2, 0) is 0 Å². The van der Waals surface area contributed by atoms with E-state index in [-0.39, 0.29) is 11.3 Å². The van der Waals surface area contributed by atoms with Crippen LogP contribution in [0.2, 0.25) is 0 Å². The molecule has 32 heavy (non-hydrogen) atoms.